The minimum Gasteiger partial charge on any atom is -0.369 e. The first-order valence-electron chi connectivity index (χ1n) is 4.77. The van der Waals surface area contributed by atoms with Gasteiger partial charge >= 0.3 is 6.18 Å². The summed E-state index contributed by atoms with van der Waals surface area (Å²) in [6, 6.07) is 0.872. The Balaban J connectivity index is 2.84. The quantitative estimate of drug-likeness (QED) is 0.885. The molecule has 1 aromatic heterocycles. The highest BCUT2D eigenvalue weighted by molar-refractivity contribution is 6.32. The van der Waals surface area contributed by atoms with Gasteiger partial charge in [0.25, 0.3) is 0 Å². The number of aromatic nitrogens is 1. The van der Waals surface area contributed by atoms with Crippen LogP contribution in [0.25, 0.3) is 0 Å². The summed E-state index contributed by atoms with van der Waals surface area (Å²) in [6.07, 6.45) is -3.64. The van der Waals surface area contributed by atoms with Crippen LogP contribution in [0.3, 0.4) is 0 Å². The molecule has 0 aromatic carbocycles. The molecule has 0 saturated heterocycles. The average Bonchev–Trinajstić information content (AvgIpc) is 2.14. The number of hydrogen-bond acceptors (Lipinski definition) is 2. The fraction of sp³-hybridized carbons (Fsp3) is 0.500. The minimum atomic E-state index is -4.41. The van der Waals surface area contributed by atoms with E-state index in [0.29, 0.717) is 12.5 Å². The molecule has 0 atom stereocenters. The van der Waals surface area contributed by atoms with E-state index in [1.807, 2.05) is 13.8 Å². The monoisotopic (exact) mass is 252 g/mol. The zero-order valence-electron chi connectivity index (χ0n) is 8.90. The molecular formula is C10H12ClF3N2. The van der Waals surface area contributed by atoms with E-state index >= 15 is 0 Å². The zero-order chi connectivity index (χ0) is 12.3. The third kappa shape index (κ3) is 3.56. The second-order valence-electron chi connectivity index (χ2n) is 3.83. The van der Waals surface area contributed by atoms with Crippen LogP contribution in [-0.2, 0) is 6.18 Å². The minimum absolute atomic E-state index is 0.0181. The first-order valence-corrected chi connectivity index (χ1v) is 5.15. The van der Waals surface area contributed by atoms with Gasteiger partial charge in [0.15, 0.2) is 0 Å². The number of nitrogens with one attached hydrogen (secondary N) is 1. The van der Waals surface area contributed by atoms with Gasteiger partial charge in [0, 0.05) is 12.7 Å². The molecule has 1 heterocycles. The highest BCUT2D eigenvalue weighted by Crippen LogP contribution is 2.32. The Kier molecular flexibility index (Phi) is 4.02. The number of hydrogen-bond donors (Lipinski definition) is 1. The van der Waals surface area contributed by atoms with Gasteiger partial charge in [-0.05, 0) is 12.0 Å². The van der Waals surface area contributed by atoms with E-state index in [2.05, 4.69) is 10.3 Å². The van der Waals surface area contributed by atoms with Crippen LogP contribution in [0.2, 0.25) is 5.02 Å². The molecule has 90 valence electrons. The molecule has 2 nitrogen and oxygen atoms in total. The van der Waals surface area contributed by atoms with Crippen LogP contribution < -0.4 is 5.32 Å². The summed E-state index contributed by atoms with van der Waals surface area (Å²) in [5.41, 5.74) is -0.840. The fourth-order valence-electron chi connectivity index (χ4n) is 1.02. The maximum absolute atomic E-state index is 12.3. The van der Waals surface area contributed by atoms with Gasteiger partial charge in [-0.2, -0.15) is 13.2 Å². The van der Waals surface area contributed by atoms with E-state index in [1.54, 1.807) is 0 Å². The molecule has 0 saturated carbocycles. The lowest BCUT2D eigenvalue weighted by molar-refractivity contribution is -0.137. The first-order chi connectivity index (χ1) is 7.30. The lowest BCUT2D eigenvalue weighted by atomic mass is 10.2. The van der Waals surface area contributed by atoms with E-state index < -0.39 is 11.7 Å². The van der Waals surface area contributed by atoms with Crippen LogP contribution in [-0.4, -0.2) is 11.5 Å². The first kappa shape index (κ1) is 13.1. The summed E-state index contributed by atoms with van der Waals surface area (Å²) in [5.74, 6) is 0.642. The van der Waals surface area contributed by atoms with Crippen molar-refractivity contribution >= 4 is 17.4 Å². The average molecular weight is 253 g/mol. The van der Waals surface area contributed by atoms with E-state index in [4.69, 9.17) is 11.6 Å². The van der Waals surface area contributed by atoms with Crippen molar-refractivity contribution in [3.8, 4) is 0 Å². The van der Waals surface area contributed by atoms with Gasteiger partial charge < -0.3 is 5.32 Å². The maximum Gasteiger partial charge on any atom is 0.417 e. The molecule has 0 amide bonds. The Labute approximate surface area is 96.8 Å². The van der Waals surface area contributed by atoms with E-state index in [1.165, 1.54) is 0 Å². The summed E-state index contributed by atoms with van der Waals surface area (Å²) in [7, 11) is 0. The molecule has 0 aliphatic heterocycles. The highest BCUT2D eigenvalue weighted by atomic mass is 35.5. The number of halogens is 4. The van der Waals surface area contributed by atoms with Crippen LogP contribution >= 0.6 is 11.6 Å². The van der Waals surface area contributed by atoms with Crippen molar-refractivity contribution in [2.45, 2.75) is 20.0 Å². The molecule has 0 radical (unpaired) electrons. The molecule has 0 unspecified atom stereocenters. The normalized spacial score (nSPS) is 11.9. The second kappa shape index (κ2) is 4.91. The van der Waals surface area contributed by atoms with Crippen LogP contribution in [0.5, 0.6) is 0 Å². The van der Waals surface area contributed by atoms with Crippen molar-refractivity contribution in [2.75, 3.05) is 11.9 Å². The van der Waals surface area contributed by atoms with Gasteiger partial charge in [0.05, 0.1) is 10.6 Å². The van der Waals surface area contributed by atoms with Crippen molar-refractivity contribution in [3.63, 3.8) is 0 Å². The third-order valence-electron chi connectivity index (χ3n) is 1.85. The van der Waals surface area contributed by atoms with Crippen molar-refractivity contribution < 1.29 is 13.2 Å². The molecule has 0 bridgehead atoms. The van der Waals surface area contributed by atoms with Crippen molar-refractivity contribution in [1.29, 1.82) is 0 Å². The molecule has 1 aromatic rings. The van der Waals surface area contributed by atoms with Crippen LogP contribution in [0.4, 0.5) is 19.0 Å². The van der Waals surface area contributed by atoms with Crippen molar-refractivity contribution in [2.24, 2.45) is 5.92 Å². The zero-order valence-corrected chi connectivity index (χ0v) is 9.65. The van der Waals surface area contributed by atoms with Crippen LogP contribution in [0, 0.1) is 5.92 Å². The van der Waals surface area contributed by atoms with E-state index in [-0.39, 0.29) is 10.8 Å². The smallest absolute Gasteiger partial charge is 0.369 e. The predicted octanol–water partition coefficient (Wildman–Crippen LogP) is 3.82. The van der Waals surface area contributed by atoms with Gasteiger partial charge in [-0.3, -0.25) is 0 Å². The van der Waals surface area contributed by atoms with Gasteiger partial charge in [-0.1, -0.05) is 25.4 Å². The summed E-state index contributed by atoms with van der Waals surface area (Å²) >= 11 is 5.69. The lowest BCUT2D eigenvalue weighted by Crippen LogP contribution is -2.11. The Hall–Kier alpha value is -0.970. The highest BCUT2D eigenvalue weighted by Gasteiger charge is 2.31. The number of rotatable bonds is 3. The van der Waals surface area contributed by atoms with Gasteiger partial charge in [-0.25, -0.2) is 4.98 Å². The molecule has 1 N–H and O–H groups in total. The Morgan fingerprint density at radius 1 is 1.44 bits per heavy atom. The van der Waals surface area contributed by atoms with Crippen LogP contribution in [0.15, 0.2) is 12.3 Å². The molecule has 0 spiro atoms. The molecule has 6 heteroatoms. The molecule has 16 heavy (non-hydrogen) atoms. The SMILES string of the molecule is CC(C)CNc1ncc(C(F)(F)F)cc1Cl. The summed E-state index contributed by atoms with van der Waals surface area (Å²) < 4.78 is 36.9. The third-order valence-corrected chi connectivity index (χ3v) is 2.13. The van der Waals surface area contributed by atoms with Gasteiger partial charge in [0.1, 0.15) is 5.82 Å². The van der Waals surface area contributed by atoms with Gasteiger partial charge in [0.2, 0.25) is 0 Å². The molecular weight excluding hydrogens is 241 g/mol. The van der Waals surface area contributed by atoms with E-state index in [0.717, 1.165) is 12.3 Å². The number of alkyl halides is 3. The summed E-state index contributed by atoms with van der Waals surface area (Å²) in [5, 5.41) is 2.86. The lowest BCUT2D eigenvalue weighted by Gasteiger charge is -2.11. The standard InChI is InChI=1S/C10H12ClF3N2/c1-6(2)4-15-9-8(11)3-7(5-16-9)10(12,13)14/h3,5-6H,4H2,1-2H3,(H,15,16). The Bertz CT molecular complexity index is 364. The Morgan fingerprint density at radius 3 is 2.50 bits per heavy atom. The number of anilines is 1. The Morgan fingerprint density at radius 2 is 2.06 bits per heavy atom. The van der Waals surface area contributed by atoms with Crippen molar-refractivity contribution in [1.82, 2.24) is 4.98 Å². The van der Waals surface area contributed by atoms with Crippen LogP contribution in [0.1, 0.15) is 19.4 Å². The fourth-order valence-corrected chi connectivity index (χ4v) is 1.26. The van der Waals surface area contributed by atoms with Gasteiger partial charge in [-0.15, -0.1) is 0 Å². The largest absolute Gasteiger partial charge is 0.417 e. The molecule has 0 aliphatic rings. The molecule has 0 fully saturated rings. The number of pyridine rings is 1. The predicted molar refractivity (Wildman–Crippen MR) is 57.6 cm³/mol. The summed E-state index contributed by atoms with van der Waals surface area (Å²) in [4.78, 5) is 3.65. The topological polar surface area (TPSA) is 24.9 Å². The second-order valence-corrected chi connectivity index (χ2v) is 4.23. The number of nitrogens with zero attached hydrogens (tertiary/aromatic N) is 1. The molecule has 0 aliphatic carbocycles. The maximum atomic E-state index is 12.3. The van der Waals surface area contributed by atoms with E-state index in [9.17, 15) is 13.2 Å². The summed E-state index contributed by atoms with van der Waals surface area (Å²) in [6.45, 7) is 4.56. The van der Waals surface area contributed by atoms with Crippen molar-refractivity contribution in [3.05, 3.63) is 22.8 Å². The molecule has 1 rings (SSSR count).